The average Bonchev–Trinajstić information content (AvgIpc) is 3.15. The van der Waals surface area contributed by atoms with Crippen molar-refractivity contribution < 1.29 is 13.5 Å². The van der Waals surface area contributed by atoms with Gasteiger partial charge in [-0.05, 0) is 38.2 Å². The van der Waals surface area contributed by atoms with Gasteiger partial charge in [-0.1, -0.05) is 13.0 Å². The van der Waals surface area contributed by atoms with Crippen molar-refractivity contribution in [2.45, 2.75) is 76.1 Å². The maximum Gasteiger partial charge on any atom is 0.280 e. The predicted molar refractivity (Wildman–Crippen MR) is 130 cm³/mol. The van der Waals surface area contributed by atoms with E-state index < -0.39 is 6.43 Å². The highest BCUT2D eigenvalue weighted by Gasteiger charge is 2.49. The Balaban J connectivity index is 1.31. The first-order valence-corrected chi connectivity index (χ1v) is 13.0. The molecule has 1 aromatic rings. The highest BCUT2D eigenvalue weighted by molar-refractivity contribution is 5.68. The lowest BCUT2D eigenvalue weighted by atomic mass is 9.77. The van der Waals surface area contributed by atoms with Crippen LogP contribution in [0.2, 0.25) is 0 Å². The molecule has 5 aliphatic heterocycles. The van der Waals surface area contributed by atoms with Crippen LogP contribution in [0.25, 0.3) is 0 Å². The number of piperazine rings is 1. The summed E-state index contributed by atoms with van der Waals surface area (Å²) < 4.78 is 34.8. The van der Waals surface area contributed by atoms with Crippen LogP contribution in [-0.2, 0) is 4.74 Å². The molecule has 0 radical (unpaired) electrons. The molecular formula is C26H37F2N5O. The zero-order chi connectivity index (χ0) is 23.6. The number of hydrogen-bond acceptors (Lipinski definition) is 6. The van der Waals surface area contributed by atoms with Gasteiger partial charge in [-0.2, -0.15) is 0 Å². The third kappa shape index (κ3) is 3.47. The molecular weight excluding hydrogens is 436 g/mol. The molecule has 3 fully saturated rings. The van der Waals surface area contributed by atoms with E-state index in [4.69, 9.17) is 4.74 Å². The second kappa shape index (κ2) is 8.42. The van der Waals surface area contributed by atoms with Crippen LogP contribution < -0.4 is 15.1 Å². The van der Waals surface area contributed by atoms with Crippen molar-refractivity contribution >= 4 is 11.5 Å². The molecule has 8 heteroatoms. The fourth-order valence-electron chi connectivity index (χ4n) is 7.21. The smallest absolute Gasteiger partial charge is 0.280 e. The lowest BCUT2D eigenvalue weighted by Gasteiger charge is -2.58. The van der Waals surface area contributed by atoms with Crippen LogP contribution in [-0.4, -0.2) is 79.5 Å². The molecule has 3 saturated heterocycles. The van der Waals surface area contributed by atoms with Crippen molar-refractivity contribution in [1.82, 2.24) is 15.2 Å². The predicted octanol–water partition coefficient (Wildman–Crippen LogP) is 3.69. The van der Waals surface area contributed by atoms with Crippen LogP contribution >= 0.6 is 0 Å². The first-order chi connectivity index (χ1) is 16.4. The number of alkyl halides is 2. The molecule has 0 aliphatic carbocycles. The van der Waals surface area contributed by atoms with E-state index in [2.05, 4.69) is 57.9 Å². The highest BCUT2D eigenvalue weighted by atomic mass is 19.3. The minimum atomic E-state index is -2.56. The number of piperidine rings is 1. The Morgan fingerprint density at radius 3 is 2.62 bits per heavy atom. The number of fused-ring (bicyclic) bond motifs is 3. The SMILES string of the molecule is CC1=CCOC12CCN(c1cc3c(c(C(F)F)n1)C(C)CC1C(N4CCNCC4)CN31)C(C)C2. The molecule has 1 N–H and O–H groups in total. The van der Waals surface area contributed by atoms with Gasteiger partial charge in [0.25, 0.3) is 6.43 Å². The number of pyridine rings is 1. The maximum atomic E-state index is 14.3. The van der Waals surface area contributed by atoms with Crippen molar-refractivity contribution in [2.24, 2.45) is 0 Å². The fourth-order valence-corrected chi connectivity index (χ4v) is 7.21. The van der Waals surface area contributed by atoms with Crippen molar-refractivity contribution in [3.05, 3.63) is 29.0 Å². The van der Waals surface area contributed by atoms with E-state index in [-0.39, 0.29) is 23.3 Å². The molecule has 6 rings (SSSR count). The topological polar surface area (TPSA) is 43.9 Å². The van der Waals surface area contributed by atoms with Crippen molar-refractivity contribution in [3.8, 4) is 0 Å². The third-order valence-electron chi connectivity index (χ3n) is 9.18. The third-order valence-corrected chi connectivity index (χ3v) is 9.18. The summed E-state index contributed by atoms with van der Waals surface area (Å²) in [6, 6.07) is 3.22. The van der Waals surface area contributed by atoms with Crippen LogP contribution in [0.15, 0.2) is 17.7 Å². The van der Waals surface area contributed by atoms with E-state index in [9.17, 15) is 8.78 Å². The monoisotopic (exact) mass is 473 g/mol. The van der Waals surface area contributed by atoms with E-state index in [0.717, 1.165) is 69.8 Å². The molecule has 6 heterocycles. The molecule has 34 heavy (non-hydrogen) atoms. The summed E-state index contributed by atoms with van der Waals surface area (Å²) in [5, 5.41) is 3.44. The van der Waals surface area contributed by atoms with Crippen molar-refractivity contribution in [1.29, 1.82) is 0 Å². The minimum absolute atomic E-state index is 0.00949. The Morgan fingerprint density at radius 2 is 1.94 bits per heavy atom. The van der Waals surface area contributed by atoms with E-state index >= 15 is 0 Å². The van der Waals surface area contributed by atoms with Gasteiger partial charge < -0.3 is 19.9 Å². The Kier molecular flexibility index (Phi) is 5.61. The minimum Gasteiger partial charge on any atom is -0.366 e. The molecule has 5 atom stereocenters. The number of ether oxygens (including phenoxy) is 1. The summed E-state index contributed by atoms with van der Waals surface area (Å²) in [7, 11) is 0. The summed E-state index contributed by atoms with van der Waals surface area (Å²) in [4.78, 5) is 11.8. The number of halogens is 2. The van der Waals surface area contributed by atoms with Gasteiger partial charge in [-0.15, -0.1) is 0 Å². The summed E-state index contributed by atoms with van der Waals surface area (Å²) in [5.41, 5.74) is 2.87. The van der Waals surface area contributed by atoms with E-state index in [1.165, 1.54) is 5.57 Å². The second-order valence-electron chi connectivity index (χ2n) is 11.0. The molecule has 0 saturated carbocycles. The van der Waals surface area contributed by atoms with Crippen LogP contribution in [0.3, 0.4) is 0 Å². The summed E-state index contributed by atoms with van der Waals surface area (Å²) in [6.07, 6.45) is 2.28. The normalized spacial score (nSPS) is 35.9. The second-order valence-corrected chi connectivity index (χ2v) is 11.0. The molecule has 0 bridgehead atoms. The molecule has 1 aromatic heterocycles. The number of rotatable bonds is 3. The summed E-state index contributed by atoms with van der Waals surface area (Å²) >= 11 is 0. The van der Waals surface area contributed by atoms with Gasteiger partial charge in [0.2, 0.25) is 0 Å². The first kappa shape index (κ1) is 22.7. The lowest BCUT2D eigenvalue weighted by Crippen LogP contribution is -2.70. The van der Waals surface area contributed by atoms with Gasteiger partial charge in [0.05, 0.1) is 12.2 Å². The van der Waals surface area contributed by atoms with Gasteiger partial charge in [0.1, 0.15) is 11.5 Å². The van der Waals surface area contributed by atoms with Gasteiger partial charge >= 0.3 is 0 Å². The maximum absolute atomic E-state index is 14.3. The molecule has 5 unspecified atom stereocenters. The van der Waals surface area contributed by atoms with Gasteiger partial charge in [-0.25, -0.2) is 13.8 Å². The van der Waals surface area contributed by atoms with Crippen LogP contribution in [0.5, 0.6) is 0 Å². The van der Waals surface area contributed by atoms with Crippen LogP contribution in [0.4, 0.5) is 20.3 Å². The Morgan fingerprint density at radius 1 is 1.15 bits per heavy atom. The first-order valence-electron chi connectivity index (χ1n) is 13.0. The standard InChI is InChI=1S/C26H37F2N5O/c1-16-12-19-21(31-9-6-29-7-10-31)15-33(19)20-13-22(30-24(23(16)20)25(27)28)32-8-5-26(14-18(32)3)17(2)4-11-34-26/h4,13,16,18-19,21,25,29H,5-12,14-15H2,1-3H3. The lowest BCUT2D eigenvalue weighted by molar-refractivity contribution is -0.00867. The fraction of sp³-hybridized carbons (Fsp3) is 0.731. The Hall–Kier alpha value is -1.77. The molecule has 0 amide bonds. The Bertz CT molecular complexity index is 980. The number of nitrogens with one attached hydrogen (secondary N) is 1. The van der Waals surface area contributed by atoms with E-state index in [1.54, 1.807) is 0 Å². The number of anilines is 2. The highest BCUT2D eigenvalue weighted by Crippen LogP contribution is 2.49. The van der Waals surface area contributed by atoms with Crippen molar-refractivity contribution in [3.63, 3.8) is 0 Å². The molecule has 6 nitrogen and oxygen atoms in total. The molecule has 1 spiro atoms. The zero-order valence-corrected chi connectivity index (χ0v) is 20.6. The number of aromatic nitrogens is 1. The molecule has 5 aliphatic rings. The number of hydrogen-bond donors (Lipinski definition) is 1. The van der Waals surface area contributed by atoms with Gasteiger partial charge in [0.15, 0.2) is 0 Å². The Labute approximate surface area is 201 Å². The summed E-state index contributed by atoms with van der Waals surface area (Å²) in [5.74, 6) is 0.795. The molecule has 186 valence electrons. The van der Waals surface area contributed by atoms with Crippen LogP contribution in [0.1, 0.15) is 63.6 Å². The van der Waals surface area contributed by atoms with E-state index in [1.807, 2.05) is 0 Å². The van der Waals surface area contributed by atoms with Crippen LogP contribution in [0, 0.1) is 0 Å². The zero-order valence-electron chi connectivity index (χ0n) is 20.6. The largest absolute Gasteiger partial charge is 0.366 e. The van der Waals surface area contributed by atoms with Gasteiger partial charge in [-0.3, -0.25) is 4.90 Å². The summed E-state index contributed by atoms with van der Waals surface area (Å²) in [6.45, 7) is 13.0. The molecule has 0 aromatic carbocycles. The average molecular weight is 474 g/mol. The quantitative estimate of drug-likeness (QED) is 0.676. The van der Waals surface area contributed by atoms with E-state index in [0.29, 0.717) is 24.5 Å². The van der Waals surface area contributed by atoms with Crippen molar-refractivity contribution in [2.75, 3.05) is 55.7 Å². The van der Waals surface area contributed by atoms with Gasteiger partial charge in [0, 0.05) is 81.1 Å². The number of nitrogens with zero attached hydrogens (tertiary/aromatic N) is 4.